The molecule has 1 aromatic carbocycles. The molecule has 0 aliphatic heterocycles. The van der Waals surface area contributed by atoms with E-state index in [0.29, 0.717) is 5.75 Å². The van der Waals surface area contributed by atoms with Gasteiger partial charge < -0.3 is 5.32 Å². The summed E-state index contributed by atoms with van der Waals surface area (Å²) >= 11 is 0. The predicted octanol–water partition coefficient (Wildman–Crippen LogP) is 3.25. The molecule has 1 rings (SSSR count). The third-order valence-electron chi connectivity index (χ3n) is 3.49. The highest BCUT2D eigenvalue weighted by Crippen LogP contribution is 2.20. The molecule has 0 bridgehead atoms. The summed E-state index contributed by atoms with van der Waals surface area (Å²) in [4.78, 5) is 0. The lowest BCUT2D eigenvalue weighted by Crippen LogP contribution is -2.29. The molecule has 4 heteroatoms. The Morgan fingerprint density at radius 2 is 1.85 bits per heavy atom. The number of rotatable bonds is 9. The summed E-state index contributed by atoms with van der Waals surface area (Å²) in [5.74, 6) is 0.490. The fourth-order valence-corrected chi connectivity index (χ4v) is 4.01. The molecule has 1 atom stereocenters. The van der Waals surface area contributed by atoms with Gasteiger partial charge in [0.05, 0.1) is 11.5 Å². The van der Waals surface area contributed by atoms with E-state index in [1.54, 1.807) is 0 Å². The summed E-state index contributed by atoms with van der Waals surface area (Å²) in [6.07, 6.45) is 2.80. The molecule has 0 radical (unpaired) electrons. The molecule has 3 nitrogen and oxygen atoms in total. The van der Waals surface area contributed by atoms with E-state index in [0.717, 1.165) is 36.9 Å². The summed E-state index contributed by atoms with van der Waals surface area (Å²) in [7, 11) is -3.00. The topological polar surface area (TPSA) is 46.2 Å². The van der Waals surface area contributed by atoms with Crippen molar-refractivity contribution in [3.8, 4) is 0 Å². The SMILES string of the molecule is CCCCCS(=O)(=O)CC(NCC)c1ccccc1C. The quantitative estimate of drug-likeness (QED) is 0.712. The van der Waals surface area contributed by atoms with Crippen molar-refractivity contribution in [3.05, 3.63) is 35.4 Å². The predicted molar refractivity (Wildman–Crippen MR) is 85.8 cm³/mol. The zero-order chi connectivity index (χ0) is 15.0. The van der Waals surface area contributed by atoms with Crippen molar-refractivity contribution in [2.75, 3.05) is 18.1 Å². The first-order valence-electron chi connectivity index (χ1n) is 7.49. The van der Waals surface area contributed by atoms with E-state index in [1.807, 2.05) is 38.1 Å². The van der Waals surface area contributed by atoms with Gasteiger partial charge in [-0.3, -0.25) is 0 Å². The van der Waals surface area contributed by atoms with Crippen LogP contribution in [0.2, 0.25) is 0 Å². The van der Waals surface area contributed by atoms with Gasteiger partial charge in [0.1, 0.15) is 0 Å². The van der Waals surface area contributed by atoms with Gasteiger partial charge in [-0.05, 0) is 31.0 Å². The Morgan fingerprint density at radius 1 is 1.15 bits per heavy atom. The second-order valence-corrected chi connectivity index (χ2v) is 7.52. The minimum Gasteiger partial charge on any atom is -0.309 e. The van der Waals surface area contributed by atoms with Crippen LogP contribution < -0.4 is 5.32 Å². The molecule has 0 saturated heterocycles. The van der Waals surface area contributed by atoms with Crippen molar-refractivity contribution in [1.29, 1.82) is 0 Å². The molecule has 0 saturated carbocycles. The van der Waals surface area contributed by atoms with Crippen LogP contribution in [0.25, 0.3) is 0 Å². The summed E-state index contributed by atoms with van der Waals surface area (Å²) in [6, 6.07) is 7.90. The van der Waals surface area contributed by atoms with Crippen LogP contribution in [0.1, 0.15) is 50.3 Å². The Labute approximate surface area is 123 Å². The first-order chi connectivity index (χ1) is 9.50. The molecule has 0 aliphatic rings. The van der Waals surface area contributed by atoms with Crippen molar-refractivity contribution in [3.63, 3.8) is 0 Å². The van der Waals surface area contributed by atoms with Crippen LogP contribution in [-0.2, 0) is 9.84 Å². The lowest BCUT2D eigenvalue weighted by atomic mass is 10.0. The molecule has 0 amide bonds. The van der Waals surface area contributed by atoms with Gasteiger partial charge >= 0.3 is 0 Å². The molecule has 20 heavy (non-hydrogen) atoms. The molecule has 1 N–H and O–H groups in total. The fraction of sp³-hybridized carbons (Fsp3) is 0.625. The van der Waals surface area contributed by atoms with Crippen molar-refractivity contribution in [2.45, 2.75) is 46.1 Å². The smallest absolute Gasteiger partial charge is 0.152 e. The third-order valence-corrected chi connectivity index (χ3v) is 5.25. The fourth-order valence-electron chi connectivity index (χ4n) is 2.39. The first-order valence-corrected chi connectivity index (χ1v) is 9.31. The molecule has 0 heterocycles. The highest BCUT2D eigenvalue weighted by Gasteiger charge is 2.20. The lowest BCUT2D eigenvalue weighted by molar-refractivity contribution is 0.555. The molecule has 1 unspecified atom stereocenters. The maximum absolute atomic E-state index is 12.2. The van der Waals surface area contributed by atoms with Crippen molar-refractivity contribution in [1.82, 2.24) is 5.32 Å². The minimum absolute atomic E-state index is 0.104. The van der Waals surface area contributed by atoms with E-state index in [-0.39, 0.29) is 11.8 Å². The molecule has 0 aliphatic carbocycles. The van der Waals surface area contributed by atoms with Crippen LogP contribution in [0.15, 0.2) is 24.3 Å². The molecule has 0 spiro atoms. The van der Waals surface area contributed by atoms with Crippen molar-refractivity contribution < 1.29 is 8.42 Å². The van der Waals surface area contributed by atoms with Gasteiger partial charge in [0.25, 0.3) is 0 Å². The number of unbranched alkanes of at least 4 members (excludes halogenated alkanes) is 2. The van der Waals surface area contributed by atoms with Crippen molar-refractivity contribution in [2.24, 2.45) is 0 Å². The van der Waals surface area contributed by atoms with Crippen LogP contribution >= 0.6 is 0 Å². The Bertz CT molecular complexity index is 497. The van der Waals surface area contributed by atoms with E-state index < -0.39 is 9.84 Å². The minimum atomic E-state index is -3.00. The second-order valence-electron chi connectivity index (χ2n) is 5.29. The first kappa shape index (κ1) is 17.2. The van der Waals surface area contributed by atoms with Crippen LogP contribution in [0, 0.1) is 6.92 Å². The summed E-state index contributed by atoms with van der Waals surface area (Å²) in [5.41, 5.74) is 2.23. The average Bonchev–Trinajstić information content (AvgIpc) is 2.39. The maximum Gasteiger partial charge on any atom is 0.152 e. The zero-order valence-electron chi connectivity index (χ0n) is 12.9. The van der Waals surface area contributed by atoms with Crippen LogP contribution in [-0.4, -0.2) is 26.5 Å². The Hall–Kier alpha value is -0.870. The Balaban J connectivity index is 2.80. The van der Waals surface area contributed by atoms with Gasteiger partial charge in [0.2, 0.25) is 0 Å². The molecule has 1 aromatic rings. The Kier molecular flexibility index (Phi) is 7.24. The van der Waals surface area contributed by atoms with Gasteiger partial charge in [-0.15, -0.1) is 0 Å². The number of hydrogen-bond donors (Lipinski definition) is 1. The molecule has 114 valence electrons. The highest BCUT2D eigenvalue weighted by atomic mass is 32.2. The maximum atomic E-state index is 12.2. The number of hydrogen-bond acceptors (Lipinski definition) is 3. The Morgan fingerprint density at radius 3 is 2.45 bits per heavy atom. The van der Waals surface area contributed by atoms with E-state index in [1.165, 1.54) is 0 Å². The second kappa shape index (κ2) is 8.42. The summed E-state index contributed by atoms with van der Waals surface area (Å²) < 4.78 is 24.5. The molecular weight excluding hydrogens is 270 g/mol. The number of sulfone groups is 1. The lowest BCUT2D eigenvalue weighted by Gasteiger charge is -2.20. The van der Waals surface area contributed by atoms with Gasteiger partial charge in [0.15, 0.2) is 9.84 Å². The van der Waals surface area contributed by atoms with E-state index >= 15 is 0 Å². The summed E-state index contributed by atoms with van der Waals surface area (Å²) in [6.45, 7) is 6.89. The van der Waals surface area contributed by atoms with Gasteiger partial charge in [-0.25, -0.2) is 8.42 Å². The van der Waals surface area contributed by atoms with Gasteiger partial charge in [-0.2, -0.15) is 0 Å². The normalized spacial score (nSPS) is 13.3. The van der Waals surface area contributed by atoms with E-state index in [4.69, 9.17) is 0 Å². The largest absolute Gasteiger partial charge is 0.309 e. The van der Waals surface area contributed by atoms with Crippen LogP contribution in [0.3, 0.4) is 0 Å². The number of benzene rings is 1. The summed E-state index contributed by atoms with van der Waals surface area (Å²) in [5, 5.41) is 3.31. The molecule has 0 fully saturated rings. The number of nitrogens with one attached hydrogen (secondary N) is 1. The van der Waals surface area contributed by atoms with Crippen molar-refractivity contribution >= 4 is 9.84 Å². The van der Waals surface area contributed by atoms with E-state index in [9.17, 15) is 8.42 Å². The van der Waals surface area contributed by atoms with Crippen LogP contribution in [0.4, 0.5) is 0 Å². The van der Waals surface area contributed by atoms with E-state index in [2.05, 4.69) is 12.2 Å². The van der Waals surface area contributed by atoms with Crippen LogP contribution in [0.5, 0.6) is 0 Å². The average molecular weight is 297 g/mol. The molecule has 0 aromatic heterocycles. The standard InChI is InChI=1S/C16H27NO2S/c1-4-6-9-12-20(18,19)13-16(17-5-2)15-11-8-7-10-14(15)3/h7-8,10-11,16-17H,4-6,9,12-13H2,1-3H3. The molecular formula is C16H27NO2S. The highest BCUT2D eigenvalue weighted by molar-refractivity contribution is 7.91. The third kappa shape index (κ3) is 5.63. The van der Waals surface area contributed by atoms with Gasteiger partial charge in [0, 0.05) is 6.04 Å². The number of aryl methyl sites for hydroxylation is 1. The monoisotopic (exact) mass is 297 g/mol. The van der Waals surface area contributed by atoms with Gasteiger partial charge in [-0.1, -0.05) is 51.0 Å². The zero-order valence-corrected chi connectivity index (χ0v) is 13.7.